The Morgan fingerprint density at radius 2 is 1.85 bits per heavy atom. The highest BCUT2D eigenvalue weighted by molar-refractivity contribution is 6.73. The van der Waals surface area contributed by atoms with Crippen molar-refractivity contribution in [3.63, 3.8) is 0 Å². The largest absolute Gasteiger partial charge is 0.466 e. The summed E-state index contributed by atoms with van der Waals surface area (Å²) in [5, 5.41) is 2.08. The molecule has 190 valence electrons. The molecule has 0 saturated carbocycles. The van der Waals surface area contributed by atoms with Crippen LogP contribution in [0.15, 0.2) is 17.1 Å². The number of nitrogens with zero attached hydrogens (tertiary/aromatic N) is 2. The van der Waals surface area contributed by atoms with E-state index in [-0.39, 0.29) is 52.5 Å². The Labute approximate surface area is 201 Å². The lowest BCUT2D eigenvalue weighted by atomic mass is 9.96. The molecule has 0 spiro atoms. The highest BCUT2D eigenvalue weighted by Gasteiger charge is 2.64. The number of carbonyl (C=O) groups excluding carboxylic acids is 2. The summed E-state index contributed by atoms with van der Waals surface area (Å²) in [4.78, 5) is 39.6. The van der Waals surface area contributed by atoms with Gasteiger partial charge in [-0.25, -0.2) is 4.79 Å². The van der Waals surface area contributed by atoms with Gasteiger partial charge in [0.2, 0.25) is 5.91 Å². The van der Waals surface area contributed by atoms with Crippen LogP contribution >= 0.6 is 0 Å². The summed E-state index contributed by atoms with van der Waals surface area (Å²) in [6.07, 6.45) is 0.621. The lowest BCUT2D eigenvalue weighted by Gasteiger charge is -2.54. The SMILES string of the molecule is CC(=O)Nc1ccn([C@@H]2O[C@@H]3CO[Si](C(C)(C)C)(C(C)(C)C)O[C@H]3[C@H]2CCOC(C)=O)c(=O)n1. The maximum atomic E-state index is 12.9. The maximum absolute atomic E-state index is 12.9. The Balaban J connectivity index is 1.97. The van der Waals surface area contributed by atoms with Crippen LogP contribution in [0.25, 0.3) is 0 Å². The van der Waals surface area contributed by atoms with Gasteiger partial charge in [-0.2, -0.15) is 4.98 Å². The molecule has 2 fully saturated rings. The van der Waals surface area contributed by atoms with Gasteiger partial charge in [-0.1, -0.05) is 41.5 Å². The molecule has 10 nitrogen and oxygen atoms in total. The number of fused-ring (bicyclic) bond motifs is 1. The lowest BCUT2D eigenvalue weighted by molar-refractivity contribution is -0.141. The van der Waals surface area contributed by atoms with Crippen molar-refractivity contribution in [1.82, 2.24) is 9.55 Å². The molecule has 0 aliphatic carbocycles. The van der Waals surface area contributed by atoms with Crippen LogP contribution in [-0.4, -0.2) is 55.4 Å². The molecule has 0 radical (unpaired) electrons. The number of aromatic nitrogens is 2. The summed E-state index contributed by atoms with van der Waals surface area (Å²) in [5.41, 5.74) is -0.552. The van der Waals surface area contributed by atoms with Crippen LogP contribution in [0.3, 0.4) is 0 Å². The number of nitrogens with one attached hydrogen (secondary N) is 1. The smallest absolute Gasteiger partial charge is 0.351 e. The monoisotopic (exact) mass is 495 g/mol. The summed E-state index contributed by atoms with van der Waals surface area (Å²) in [6.45, 7) is 16.1. The minimum Gasteiger partial charge on any atom is -0.466 e. The summed E-state index contributed by atoms with van der Waals surface area (Å²) in [7, 11) is -2.78. The zero-order chi connectivity index (χ0) is 25.5. The Hall–Kier alpha value is -2.08. The third-order valence-corrected chi connectivity index (χ3v) is 11.5. The quantitative estimate of drug-likeness (QED) is 0.489. The normalized spacial score (nSPS) is 26.6. The topological polar surface area (TPSA) is 118 Å². The number of amides is 1. The van der Waals surface area contributed by atoms with E-state index in [1.165, 1.54) is 18.4 Å². The Kier molecular flexibility index (Phi) is 7.42. The van der Waals surface area contributed by atoms with Gasteiger partial charge in [0.15, 0.2) is 0 Å². The van der Waals surface area contributed by atoms with E-state index in [0.717, 1.165) is 0 Å². The van der Waals surface area contributed by atoms with Gasteiger partial charge in [-0.15, -0.1) is 0 Å². The molecule has 34 heavy (non-hydrogen) atoms. The van der Waals surface area contributed by atoms with Crippen molar-refractivity contribution in [3.8, 4) is 0 Å². The zero-order valence-electron chi connectivity index (χ0n) is 21.3. The van der Waals surface area contributed by atoms with E-state index in [4.69, 9.17) is 18.3 Å². The number of anilines is 1. The molecular weight excluding hydrogens is 458 g/mol. The fraction of sp³-hybridized carbons (Fsp3) is 0.739. The van der Waals surface area contributed by atoms with Gasteiger partial charge in [0, 0.05) is 36.0 Å². The third-order valence-electron chi connectivity index (χ3n) is 6.36. The first-order chi connectivity index (χ1) is 15.7. The van der Waals surface area contributed by atoms with E-state index in [1.54, 1.807) is 12.3 Å². The van der Waals surface area contributed by atoms with Gasteiger partial charge >= 0.3 is 20.2 Å². The summed E-state index contributed by atoms with van der Waals surface area (Å²) < 4.78 is 26.4. The van der Waals surface area contributed by atoms with Crippen LogP contribution in [0.5, 0.6) is 0 Å². The molecule has 1 aromatic heterocycles. The molecule has 1 aromatic rings. The Bertz CT molecular complexity index is 968. The van der Waals surface area contributed by atoms with Gasteiger partial charge in [0.1, 0.15) is 18.1 Å². The highest BCUT2D eigenvalue weighted by atomic mass is 28.4. The lowest BCUT2D eigenvalue weighted by Crippen LogP contribution is -2.64. The fourth-order valence-electron chi connectivity index (χ4n) is 5.20. The molecule has 0 unspecified atom stereocenters. The van der Waals surface area contributed by atoms with Crippen LogP contribution in [0.2, 0.25) is 10.1 Å². The van der Waals surface area contributed by atoms with Crippen molar-refractivity contribution in [2.75, 3.05) is 18.5 Å². The molecule has 0 aromatic carbocycles. The molecule has 4 atom stereocenters. The number of hydrogen-bond donors (Lipinski definition) is 1. The minimum atomic E-state index is -2.78. The molecule has 2 saturated heterocycles. The predicted octanol–water partition coefficient (Wildman–Crippen LogP) is 3.13. The number of carbonyl (C=O) groups is 2. The van der Waals surface area contributed by atoms with Crippen LogP contribution in [0, 0.1) is 5.92 Å². The number of ether oxygens (including phenoxy) is 2. The van der Waals surface area contributed by atoms with Crippen LogP contribution in [0.1, 0.15) is 68.0 Å². The minimum absolute atomic E-state index is 0.173. The zero-order valence-corrected chi connectivity index (χ0v) is 22.3. The molecule has 3 rings (SSSR count). The summed E-state index contributed by atoms with van der Waals surface area (Å²) >= 11 is 0. The Morgan fingerprint density at radius 3 is 2.38 bits per heavy atom. The van der Waals surface area contributed by atoms with E-state index in [2.05, 4.69) is 51.8 Å². The van der Waals surface area contributed by atoms with Crippen molar-refractivity contribution in [2.45, 2.75) is 90.3 Å². The number of hydrogen-bond acceptors (Lipinski definition) is 8. The van der Waals surface area contributed by atoms with Gasteiger partial charge in [0.25, 0.3) is 0 Å². The highest BCUT2D eigenvalue weighted by Crippen LogP contribution is 2.56. The van der Waals surface area contributed by atoms with E-state index in [0.29, 0.717) is 13.0 Å². The van der Waals surface area contributed by atoms with Crippen molar-refractivity contribution in [1.29, 1.82) is 0 Å². The van der Waals surface area contributed by atoms with Crippen LogP contribution in [-0.2, 0) is 27.9 Å². The number of rotatable bonds is 5. The van der Waals surface area contributed by atoms with Crippen molar-refractivity contribution in [3.05, 3.63) is 22.7 Å². The molecule has 1 N–H and O–H groups in total. The van der Waals surface area contributed by atoms with Crippen molar-refractivity contribution >= 4 is 26.3 Å². The number of esters is 1. The summed E-state index contributed by atoms with van der Waals surface area (Å²) in [5.74, 6) is -0.780. The van der Waals surface area contributed by atoms with Crippen molar-refractivity contribution < 1.29 is 27.9 Å². The van der Waals surface area contributed by atoms with E-state index < -0.39 is 20.5 Å². The van der Waals surface area contributed by atoms with Gasteiger partial charge in [-0.05, 0) is 12.5 Å². The maximum Gasteiger partial charge on any atom is 0.351 e. The second-order valence-electron chi connectivity index (χ2n) is 11.1. The van der Waals surface area contributed by atoms with E-state index in [9.17, 15) is 14.4 Å². The van der Waals surface area contributed by atoms with Gasteiger partial charge < -0.3 is 23.6 Å². The summed E-state index contributed by atoms with van der Waals surface area (Å²) in [6, 6.07) is 1.55. The third kappa shape index (κ3) is 5.12. The average molecular weight is 496 g/mol. The Morgan fingerprint density at radius 1 is 1.21 bits per heavy atom. The molecule has 11 heteroatoms. The molecular formula is C23H37N3O7Si. The van der Waals surface area contributed by atoms with Crippen LogP contribution < -0.4 is 11.0 Å². The first-order valence-electron chi connectivity index (χ1n) is 11.6. The van der Waals surface area contributed by atoms with Gasteiger partial charge in [0.05, 0.1) is 19.3 Å². The molecule has 3 heterocycles. The van der Waals surface area contributed by atoms with Crippen molar-refractivity contribution in [2.24, 2.45) is 5.92 Å². The average Bonchev–Trinajstić information content (AvgIpc) is 3.03. The van der Waals surface area contributed by atoms with Crippen LogP contribution in [0.4, 0.5) is 5.82 Å². The first-order valence-corrected chi connectivity index (χ1v) is 13.5. The standard InChI is InChI=1S/C23H37N3O7Si/c1-14(27)24-18-9-11-26(21(29)25-18)20-16(10-12-30-15(2)28)19-17(32-20)13-31-34(33-19,22(3,4)5)23(6,7)8/h9,11,16-17,19-20H,10,12-13H2,1-8H3,(H,24,25,27,29)/t16-,17-,19+,20-/m1/s1. The molecule has 0 bridgehead atoms. The first kappa shape index (κ1) is 26.5. The molecule has 1 amide bonds. The van der Waals surface area contributed by atoms with E-state index in [1.807, 2.05) is 0 Å². The molecule has 2 aliphatic rings. The molecule has 2 aliphatic heterocycles. The van der Waals surface area contributed by atoms with E-state index >= 15 is 0 Å². The predicted molar refractivity (Wildman–Crippen MR) is 127 cm³/mol. The fourth-order valence-corrected chi connectivity index (χ4v) is 10.2. The second kappa shape index (κ2) is 9.52. The van der Waals surface area contributed by atoms with Gasteiger partial charge in [-0.3, -0.25) is 14.2 Å². The second-order valence-corrected chi connectivity index (χ2v) is 15.8.